The van der Waals surface area contributed by atoms with Crippen LogP contribution in [0, 0.1) is 5.41 Å². The molecular weight excluding hydrogens is 325 g/mol. The number of carbonyl (C=O) groups is 1. The first-order chi connectivity index (χ1) is 11.3. The van der Waals surface area contributed by atoms with Gasteiger partial charge in [0.15, 0.2) is 6.10 Å². The first kappa shape index (κ1) is 18.5. The highest BCUT2D eigenvalue weighted by Gasteiger charge is 2.39. The van der Waals surface area contributed by atoms with E-state index in [1.54, 1.807) is 0 Å². The molecule has 1 saturated carbocycles. The molecule has 1 aromatic rings. The second kappa shape index (κ2) is 7.38. The van der Waals surface area contributed by atoms with E-state index >= 15 is 0 Å². The highest BCUT2D eigenvalue weighted by atomic mass is 19.4. The van der Waals surface area contributed by atoms with Crippen LogP contribution in [0.4, 0.5) is 13.2 Å². The minimum atomic E-state index is -4.55. The van der Waals surface area contributed by atoms with Crippen molar-refractivity contribution in [2.75, 3.05) is 13.2 Å². The van der Waals surface area contributed by atoms with Gasteiger partial charge in [-0.2, -0.15) is 13.2 Å². The van der Waals surface area contributed by atoms with E-state index in [-0.39, 0.29) is 30.0 Å². The summed E-state index contributed by atoms with van der Waals surface area (Å²) < 4.78 is 42.7. The standard InChI is InChI=1S/C16H21F3N2O3/c1-11(16(17,18)19)24-14-12(5-4-8-20-14)13(23)21-9-15(10-22)6-2-3-7-15/h4-5,8,11,22H,2-3,6-7,9-10H2,1H3,(H,21,23). The van der Waals surface area contributed by atoms with Gasteiger partial charge < -0.3 is 15.2 Å². The number of rotatable bonds is 6. The number of aliphatic hydroxyl groups is 1. The van der Waals surface area contributed by atoms with Crippen LogP contribution in [0.1, 0.15) is 43.0 Å². The number of aromatic nitrogens is 1. The molecule has 1 fully saturated rings. The third-order valence-electron chi connectivity index (χ3n) is 4.39. The molecule has 0 aromatic carbocycles. The van der Waals surface area contributed by atoms with Gasteiger partial charge in [-0.1, -0.05) is 12.8 Å². The highest BCUT2D eigenvalue weighted by Crippen LogP contribution is 2.37. The Labute approximate surface area is 138 Å². The molecule has 134 valence electrons. The van der Waals surface area contributed by atoms with Gasteiger partial charge in [-0.05, 0) is 31.9 Å². The highest BCUT2D eigenvalue weighted by molar-refractivity contribution is 5.96. The molecule has 8 heteroatoms. The molecule has 1 heterocycles. The van der Waals surface area contributed by atoms with Crippen LogP contribution in [0.15, 0.2) is 18.3 Å². The van der Waals surface area contributed by atoms with Crippen molar-refractivity contribution >= 4 is 5.91 Å². The number of nitrogens with one attached hydrogen (secondary N) is 1. The van der Waals surface area contributed by atoms with Gasteiger partial charge in [0.05, 0.1) is 6.61 Å². The Balaban J connectivity index is 2.07. The van der Waals surface area contributed by atoms with Gasteiger partial charge in [0.2, 0.25) is 5.88 Å². The molecule has 1 unspecified atom stereocenters. The second-order valence-corrected chi connectivity index (χ2v) is 6.21. The van der Waals surface area contributed by atoms with Crippen molar-refractivity contribution in [3.8, 4) is 5.88 Å². The molecule has 0 spiro atoms. The van der Waals surface area contributed by atoms with Crippen molar-refractivity contribution in [2.45, 2.75) is 44.9 Å². The number of alkyl halides is 3. The third-order valence-corrected chi connectivity index (χ3v) is 4.39. The quantitative estimate of drug-likeness (QED) is 0.831. The SMILES string of the molecule is CC(Oc1ncccc1C(=O)NCC1(CO)CCCC1)C(F)(F)F. The van der Waals surface area contributed by atoms with Gasteiger partial charge in [0, 0.05) is 18.2 Å². The molecule has 1 aliphatic rings. The predicted molar refractivity (Wildman–Crippen MR) is 80.7 cm³/mol. The minimum absolute atomic E-state index is 0.0330. The molecule has 5 nitrogen and oxygen atoms in total. The first-order valence-electron chi connectivity index (χ1n) is 7.85. The fourth-order valence-corrected chi connectivity index (χ4v) is 2.77. The van der Waals surface area contributed by atoms with Crippen molar-refractivity contribution in [1.82, 2.24) is 10.3 Å². The van der Waals surface area contributed by atoms with Gasteiger partial charge >= 0.3 is 6.18 Å². The van der Waals surface area contributed by atoms with E-state index in [4.69, 9.17) is 4.74 Å². The van der Waals surface area contributed by atoms with Crippen LogP contribution in [0.2, 0.25) is 0 Å². The van der Waals surface area contributed by atoms with Crippen LogP contribution in [0.25, 0.3) is 0 Å². The van der Waals surface area contributed by atoms with Crippen LogP contribution in [-0.2, 0) is 0 Å². The van der Waals surface area contributed by atoms with Crippen LogP contribution in [0.3, 0.4) is 0 Å². The molecule has 2 rings (SSSR count). The number of hydrogen-bond donors (Lipinski definition) is 2. The lowest BCUT2D eigenvalue weighted by atomic mass is 9.87. The Kier molecular flexibility index (Phi) is 5.69. The van der Waals surface area contributed by atoms with Crippen LogP contribution in [-0.4, -0.2) is 41.4 Å². The number of halogens is 3. The van der Waals surface area contributed by atoms with Crippen molar-refractivity contribution < 1.29 is 27.8 Å². The van der Waals surface area contributed by atoms with Crippen molar-refractivity contribution in [3.05, 3.63) is 23.9 Å². The Morgan fingerprint density at radius 3 is 2.71 bits per heavy atom. The minimum Gasteiger partial charge on any atom is -0.464 e. The fraction of sp³-hybridized carbons (Fsp3) is 0.625. The molecular formula is C16H21F3N2O3. The summed E-state index contributed by atoms with van der Waals surface area (Å²) in [5.41, 5.74) is -0.405. The van der Waals surface area contributed by atoms with Crippen LogP contribution < -0.4 is 10.1 Å². The van der Waals surface area contributed by atoms with E-state index in [0.717, 1.165) is 32.6 Å². The molecule has 0 radical (unpaired) electrons. The molecule has 1 atom stereocenters. The average molecular weight is 346 g/mol. The molecule has 0 bridgehead atoms. The molecule has 0 aliphatic heterocycles. The Bertz CT molecular complexity index is 572. The number of aliphatic hydroxyl groups excluding tert-OH is 1. The normalized spacial score (nSPS) is 18.2. The second-order valence-electron chi connectivity index (χ2n) is 6.21. The number of carbonyl (C=O) groups excluding carboxylic acids is 1. The van der Waals surface area contributed by atoms with E-state index in [1.165, 1.54) is 18.3 Å². The van der Waals surface area contributed by atoms with E-state index in [2.05, 4.69) is 10.3 Å². The largest absolute Gasteiger partial charge is 0.464 e. The zero-order chi connectivity index (χ0) is 17.8. The van der Waals surface area contributed by atoms with Crippen molar-refractivity contribution in [2.24, 2.45) is 5.41 Å². The maximum absolute atomic E-state index is 12.6. The van der Waals surface area contributed by atoms with E-state index < -0.39 is 18.2 Å². The maximum Gasteiger partial charge on any atom is 0.425 e. The zero-order valence-electron chi connectivity index (χ0n) is 13.4. The smallest absolute Gasteiger partial charge is 0.425 e. The van der Waals surface area contributed by atoms with Gasteiger partial charge in [0.25, 0.3) is 5.91 Å². The van der Waals surface area contributed by atoms with Crippen LogP contribution >= 0.6 is 0 Å². The Hall–Kier alpha value is -1.83. The third kappa shape index (κ3) is 4.37. The number of nitrogens with zero attached hydrogens (tertiary/aromatic N) is 1. The Morgan fingerprint density at radius 1 is 1.46 bits per heavy atom. The molecule has 1 amide bonds. The summed E-state index contributed by atoms with van der Waals surface area (Å²) in [7, 11) is 0. The summed E-state index contributed by atoms with van der Waals surface area (Å²) in [6, 6.07) is 2.82. The summed E-state index contributed by atoms with van der Waals surface area (Å²) in [6.45, 7) is 1.09. The number of ether oxygens (including phenoxy) is 1. The zero-order valence-corrected chi connectivity index (χ0v) is 13.4. The molecule has 1 aromatic heterocycles. The Morgan fingerprint density at radius 2 is 2.12 bits per heavy atom. The first-order valence-corrected chi connectivity index (χ1v) is 7.85. The summed E-state index contributed by atoms with van der Waals surface area (Å²) in [6.07, 6.45) is -1.76. The fourth-order valence-electron chi connectivity index (χ4n) is 2.77. The molecule has 1 aliphatic carbocycles. The topological polar surface area (TPSA) is 71.5 Å². The summed E-state index contributed by atoms with van der Waals surface area (Å²) >= 11 is 0. The number of pyridine rings is 1. The van der Waals surface area contributed by atoms with Crippen LogP contribution in [0.5, 0.6) is 5.88 Å². The lowest BCUT2D eigenvalue weighted by molar-refractivity contribution is -0.190. The van der Waals surface area contributed by atoms with Crippen molar-refractivity contribution in [1.29, 1.82) is 0 Å². The van der Waals surface area contributed by atoms with E-state index in [1.807, 2.05) is 0 Å². The predicted octanol–water partition coefficient (Wildman–Crippen LogP) is 2.69. The van der Waals surface area contributed by atoms with Gasteiger partial charge in [-0.15, -0.1) is 0 Å². The van der Waals surface area contributed by atoms with Crippen molar-refractivity contribution in [3.63, 3.8) is 0 Å². The lowest BCUT2D eigenvalue weighted by Gasteiger charge is -2.26. The summed E-state index contributed by atoms with van der Waals surface area (Å²) in [4.78, 5) is 16.1. The molecule has 24 heavy (non-hydrogen) atoms. The number of hydrogen-bond acceptors (Lipinski definition) is 4. The average Bonchev–Trinajstić information content (AvgIpc) is 3.02. The van der Waals surface area contributed by atoms with E-state index in [9.17, 15) is 23.1 Å². The molecule has 0 saturated heterocycles. The van der Waals surface area contributed by atoms with Gasteiger partial charge in [0.1, 0.15) is 5.56 Å². The van der Waals surface area contributed by atoms with Gasteiger partial charge in [-0.25, -0.2) is 4.98 Å². The van der Waals surface area contributed by atoms with E-state index in [0.29, 0.717) is 0 Å². The summed E-state index contributed by atoms with van der Waals surface area (Å²) in [5.74, 6) is -0.920. The maximum atomic E-state index is 12.6. The lowest BCUT2D eigenvalue weighted by Crippen LogP contribution is -2.39. The van der Waals surface area contributed by atoms with Gasteiger partial charge in [-0.3, -0.25) is 4.79 Å². The molecule has 2 N–H and O–H groups in total. The summed E-state index contributed by atoms with van der Waals surface area (Å²) in [5, 5.41) is 12.2. The monoisotopic (exact) mass is 346 g/mol. The number of amides is 1.